The van der Waals surface area contributed by atoms with Crippen LogP contribution >= 0.6 is 0 Å². The first-order valence-electron chi connectivity index (χ1n) is 10.5. The highest BCUT2D eigenvalue weighted by Crippen LogP contribution is 2.37. The lowest BCUT2D eigenvalue weighted by Gasteiger charge is -2.43. The van der Waals surface area contributed by atoms with Gasteiger partial charge in [-0.05, 0) is 45.7 Å². The zero-order valence-corrected chi connectivity index (χ0v) is 18.1. The summed E-state index contributed by atoms with van der Waals surface area (Å²) in [5.41, 5.74) is 3.40. The van der Waals surface area contributed by atoms with Crippen molar-refractivity contribution in [3.8, 4) is 0 Å². The Labute approximate surface area is 176 Å². The molecule has 4 rings (SSSR count). The Morgan fingerprint density at radius 1 is 1.23 bits per heavy atom. The summed E-state index contributed by atoms with van der Waals surface area (Å²) in [5, 5.41) is 7.38. The second kappa shape index (κ2) is 7.83. The molecule has 0 unspecified atom stereocenters. The molecular weight excluding hydrogens is 382 g/mol. The van der Waals surface area contributed by atoms with Gasteiger partial charge in [0.05, 0.1) is 12.2 Å². The monoisotopic (exact) mass is 411 g/mol. The van der Waals surface area contributed by atoms with E-state index in [0.717, 1.165) is 29.8 Å². The summed E-state index contributed by atoms with van der Waals surface area (Å²) in [6, 6.07) is 5.57. The van der Waals surface area contributed by atoms with Crippen LogP contribution in [0.5, 0.6) is 0 Å². The van der Waals surface area contributed by atoms with Gasteiger partial charge in [-0.25, -0.2) is 4.98 Å². The van der Waals surface area contributed by atoms with Crippen LogP contribution in [0.15, 0.2) is 18.2 Å². The number of aromatic nitrogens is 3. The maximum absolute atomic E-state index is 12.8. The molecule has 30 heavy (non-hydrogen) atoms. The van der Waals surface area contributed by atoms with Gasteiger partial charge in [0.2, 0.25) is 0 Å². The molecule has 0 bridgehead atoms. The molecule has 0 aromatic carbocycles. The highest BCUT2D eigenvalue weighted by atomic mass is 16.5. The Hall–Kier alpha value is -2.74. The number of amides is 2. The van der Waals surface area contributed by atoms with Gasteiger partial charge in [0, 0.05) is 49.6 Å². The van der Waals surface area contributed by atoms with E-state index < -0.39 is 0 Å². The summed E-state index contributed by atoms with van der Waals surface area (Å²) < 4.78 is 8.12. The number of carbonyl (C=O) groups is 2. The van der Waals surface area contributed by atoms with Gasteiger partial charge in [-0.1, -0.05) is 6.07 Å². The molecule has 160 valence electrons. The molecule has 0 saturated carbocycles. The van der Waals surface area contributed by atoms with E-state index >= 15 is 0 Å². The van der Waals surface area contributed by atoms with Gasteiger partial charge in [0.15, 0.2) is 5.69 Å². The Bertz CT molecular complexity index is 973. The van der Waals surface area contributed by atoms with Gasteiger partial charge in [-0.3, -0.25) is 14.3 Å². The van der Waals surface area contributed by atoms with E-state index in [4.69, 9.17) is 4.74 Å². The van der Waals surface area contributed by atoms with Gasteiger partial charge >= 0.3 is 0 Å². The quantitative estimate of drug-likeness (QED) is 0.835. The molecule has 1 spiro atoms. The van der Waals surface area contributed by atoms with Crippen LogP contribution in [0.3, 0.4) is 0 Å². The third-order valence-electron chi connectivity index (χ3n) is 5.99. The van der Waals surface area contributed by atoms with E-state index in [1.165, 1.54) is 0 Å². The summed E-state index contributed by atoms with van der Waals surface area (Å²) in [5.74, 6) is -0.189. The van der Waals surface area contributed by atoms with Crippen molar-refractivity contribution in [3.63, 3.8) is 0 Å². The Morgan fingerprint density at radius 2 is 1.97 bits per heavy atom. The molecule has 2 aliphatic rings. The molecule has 1 N–H and O–H groups in total. The Balaban J connectivity index is 1.46. The van der Waals surface area contributed by atoms with Gasteiger partial charge in [0.1, 0.15) is 5.69 Å². The van der Waals surface area contributed by atoms with E-state index in [-0.39, 0.29) is 23.5 Å². The highest BCUT2D eigenvalue weighted by molar-refractivity contribution is 5.94. The molecule has 1 fully saturated rings. The third-order valence-corrected chi connectivity index (χ3v) is 5.99. The standard InChI is InChI=1S/C22H29N5O3/c1-14(2)23-20(28)19-16-13-30-22(12-18(16)26(4)25-19)8-10-27(11-9-22)21(29)17-7-5-6-15(3)24-17/h5-7,14H,8-13H2,1-4H3,(H,23,28). The van der Waals surface area contributed by atoms with Crippen molar-refractivity contribution in [2.75, 3.05) is 13.1 Å². The molecule has 8 heteroatoms. The molecule has 0 aliphatic carbocycles. The molecule has 2 amide bonds. The predicted octanol–water partition coefficient (Wildman–Crippen LogP) is 2.01. The van der Waals surface area contributed by atoms with Crippen molar-refractivity contribution in [1.82, 2.24) is 25.0 Å². The van der Waals surface area contributed by atoms with Crippen molar-refractivity contribution < 1.29 is 14.3 Å². The van der Waals surface area contributed by atoms with Crippen LogP contribution in [0.1, 0.15) is 64.6 Å². The lowest BCUT2D eigenvalue weighted by molar-refractivity contribution is -0.0990. The number of piperidine rings is 1. The van der Waals surface area contributed by atoms with Crippen LogP contribution in [0.25, 0.3) is 0 Å². The van der Waals surface area contributed by atoms with E-state index in [1.807, 2.05) is 49.5 Å². The van der Waals surface area contributed by atoms with Crippen LogP contribution < -0.4 is 5.32 Å². The zero-order valence-electron chi connectivity index (χ0n) is 18.1. The number of ether oxygens (including phenoxy) is 1. The largest absolute Gasteiger partial charge is 0.370 e. The summed E-state index contributed by atoms with van der Waals surface area (Å²) in [7, 11) is 1.88. The summed E-state index contributed by atoms with van der Waals surface area (Å²) in [4.78, 5) is 31.5. The molecular formula is C22H29N5O3. The van der Waals surface area contributed by atoms with Crippen LogP contribution in [0.2, 0.25) is 0 Å². The zero-order chi connectivity index (χ0) is 21.5. The molecule has 1 saturated heterocycles. The average molecular weight is 412 g/mol. The fourth-order valence-corrected chi connectivity index (χ4v) is 4.33. The van der Waals surface area contributed by atoms with Crippen molar-refractivity contribution in [3.05, 3.63) is 46.5 Å². The number of pyridine rings is 1. The minimum atomic E-state index is -0.316. The number of rotatable bonds is 3. The fourth-order valence-electron chi connectivity index (χ4n) is 4.33. The lowest BCUT2D eigenvalue weighted by atomic mass is 9.83. The maximum atomic E-state index is 12.8. The maximum Gasteiger partial charge on any atom is 0.272 e. The number of carbonyl (C=O) groups excluding carboxylic acids is 2. The highest BCUT2D eigenvalue weighted by Gasteiger charge is 2.42. The number of nitrogens with one attached hydrogen (secondary N) is 1. The van der Waals surface area contributed by atoms with E-state index in [2.05, 4.69) is 15.4 Å². The molecule has 0 radical (unpaired) electrons. The first-order chi connectivity index (χ1) is 14.3. The van der Waals surface area contributed by atoms with Gasteiger partial charge < -0.3 is 15.0 Å². The second-order valence-electron chi connectivity index (χ2n) is 8.63. The molecule has 0 atom stereocenters. The predicted molar refractivity (Wildman–Crippen MR) is 111 cm³/mol. The number of aryl methyl sites for hydroxylation is 2. The molecule has 8 nitrogen and oxygen atoms in total. The van der Waals surface area contributed by atoms with Crippen molar-refractivity contribution in [1.29, 1.82) is 0 Å². The Kier molecular flexibility index (Phi) is 5.36. The van der Waals surface area contributed by atoms with E-state index in [0.29, 0.717) is 37.5 Å². The normalized spacial score (nSPS) is 17.8. The molecule has 2 aliphatic heterocycles. The molecule has 4 heterocycles. The number of fused-ring (bicyclic) bond motifs is 1. The van der Waals surface area contributed by atoms with E-state index in [1.54, 1.807) is 6.07 Å². The SMILES string of the molecule is Cc1cccc(C(=O)N2CCC3(CC2)Cc2c(c(C(=O)NC(C)C)nn2C)CO3)n1. The lowest BCUT2D eigenvalue weighted by Crippen LogP contribution is -2.51. The third kappa shape index (κ3) is 3.84. The number of likely N-dealkylation sites (tertiary alicyclic amines) is 1. The van der Waals surface area contributed by atoms with Crippen LogP contribution in [0.4, 0.5) is 0 Å². The number of hydrogen-bond acceptors (Lipinski definition) is 5. The minimum absolute atomic E-state index is 0.0294. The van der Waals surface area contributed by atoms with Gasteiger partial charge in [0.25, 0.3) is 11.8 Å². The van der Waals surface area contributed by atoms with Crippen molar-refractivity contribution >= 4 is 11.8 Å². The van der Waals surface area contributed by atoms with Gasteiger partial charge in [-0.15, -0.1) is 0 Å². The van der Waals surface area contributed by atoms with E-state index in [9.17, 15) is 9.59 Å². The average Bonchev–Trinajstić information content (AvgIpc) is 3.03. The topological polar surface area (TPSA) is 89.4 Å². The van der Waals surface area contributed by atoms with Crippen LogP contribution in [0, 0.1) is 6.92 Å². The first kappa shape index (κ1) is 20.5. The molecule has 2 aromatic heterocycles. The fraction of sp³-hybridized carbons (Fsp3) is 0.545. The van der Waals surface area contributed by atoms with Crippen LogP contribution in [-0.2, 0) is 24.8 Å². The first-order valence-corrected chi connectivity index (χ1v) is 10.5. The number of hydrogen-bond donors (Lipinski definition) is 1. The van der Waals surface area contributed by atoms with Gasteiger partial charge in [-0.2, -0.15) is 5.10 Å². The minimum Gasteiger partial charge on any atom is -0.370 e. The molecule has 2 aromatic rings. The summed E-state index contributed by atoms with van der Waals surface area (Å²) in [6.45, 7) is 7.38. The van der Waals surface area contributed by atoms with Crippen molar-refractivity contribution in [2.45, 2.75) is 58.3 Å². The Morgan fingerprint density at radius 3 is 2.63 bits per heavy atom. The summed E-state index contributed by atoms with van der Waals surface area (Å²) >= 11 is 0. The summed E-state index contributed by atoms with van der Waals surface area (Å²) in [6.07, 6.45) is 2.21. The second-order valence-corrected chi connectivity index (χ2v) is 8.63. The number of nitrogens with zero attached hydrogens (tertiary/aromatic N) is 4. The van der Waals surface area contributed by atoms with Crippen LogP contribution in [-0.4, -0.2) is 56.2 Å². The van der Waals surface area contributed by atoms with Crippen molar-refractivity contribution in [2.24, 2.45) is 7.05 Å². The smallest absolute Gasteiger partial charge is 0.272 e.